The van der Waals surface area contributed by atoms with Crippen molar-refractivity contribution in [2.75, 3.05) is 6.61 Å². The Morgan fingerprint density at radius 2 is 1.94 bits per heavy atom. The third-order valence-corrected chi connectivity index (χ3v) is 3.58. The summed E-state index contributed by atoms with van der Waals surface area (Å²) in [6, 6.07) is 6.20. The van der Waals surface area contributed by atoms with Crippen molar-refractivity contribution in [3.63, 3.8) is 0 Å². The summed E-state index contributed by atoms with van der Waals surface area (Å²) in [6.45, 7) is 4.80. The fraction of sp³-hybridized carbons (Fsp3) is 0.357. The van der Waals surface area contributed by atoms with E-state index < -0.39 is 0 Å². The van der Waals surface area contributed by atoms with Crippen molar-refractivity contribution in [2.45, 2.75) is 26.9 Å². The molecule has 0 amide bonds. The van der Waals surface area contributed by atoms with Crippen LogP contribution in [0.2, 0.25) is 0 Å². The molecule has 1 aromatic carbocycles. The molecule has 0 aliphatic carbocycles. The summed E-state index contributed by atoms with van der Waals surface area (Å²) < 4.78 is 5.72. The summed E-state index contributed by atoms with van der Waals surface area (Å²) >= 11 is 1.53. The van der Waals surface area contributed by atoms with Gasteiger partial charge in [-0.1, -0.05) is 6.07 Å². The second-order valence-corrected chi connectivity index (χ2v) is 5.50. The molecule has 1 heterocycles. The molecule has 0 spiro atoms. The van der Waals surface area contributed by atoms with Crippen molar-refractivity contribution < 1.29 is 9.84 Å². The van der Waals surface area contributed by atoms with Crippen molar-refractivity contribution in [2.24, 2.45) is 0 Å². The molecule has 0 unspecified atom stereocenters. The number of aliphatic hydroxyl groups excluding tert-OH is 1. The van der Waals surface area contributed by atoms with Crippen molar-refractivity contribution >= 4 is 11.3 Å². The molecule has 0 saturated carbocycles. The van der Waals surface area contributed by atoms with E-state index in [-0.39, 0.29) is 6.61 Å². The van der Waals surface area contributed by atoms with Gasteiger partial charge in [-0.3, -0.25) is 0 Å². The van der Waals surface area contributed by atoms with Crippen LogP contribution in [0.15, 0.2) is 24.4 Å². The van der Waals surface area contributed by atoms with Gasteiger partial charge < -0.3 is 9.84 Å². The van der Waals surface area contributed by atoms with Crippen molar-refractivity contribution in [3.8, 4) is 5.75 Å². The molecule has 18 heavy (non-hydrogen) atoms. The lowest BCUT2D eigenvalue weighted by Crippen LogP contribution is -2.01. The van der Waals surface area contributed by atoms with E-state index >= 15 is 0 Å². The lowest BCUT2D eigenvalue weighted by molar-refractivity contribution is 0.285. The maximum atomic E-state index is 8.95. The van der Waals surface area contributed by atoms with Gasteiger partial charge in [0.2, 0.25) is 0 Å². The van der Waals surface area contributed by atoms with E-state index in [2.05, 4.69) is 24.9 Å². The number of ether oxygens (including phenoxy) is 1. The quantitative estimate of drug-likeness (QED) is 0.902. The molecular formula is C14H17NO2S. The smallest absolute Gasteiger partial charge is 0.119 e. The first-order valence-corrected chi connectivity index (χ1v) is 6.74. The average molecular weight is 263 g/mol. The van der Waals surface area contributed by atoms with Gasteiger partial charge in [-0.2, -0.15) is 0 Å². The second-order valence-electron chi connectivity index (χ2n) is 4.30. The van der Waals surface area contributed by atoms with Crippen LogP contribution in [-0.4, -0.2) is 16.7 Å². The highest BCUT2D eigenvalue weighted by Crippen LogP contribution is 2.17. The zero-order valence-corrected chi connectivity index (χ0v) is 11.5. The van der Waals surface area contributed by atoms with Crippen LogP contribution in [0.5, 0.6) is 5.75 Å². The van der Waals surface area contributed by atoms with Gasteiger partial charge in [0.25, 0.3) is 0 Å². The standard InChI is InChI=1S/C14H17NO2S/c1-10-5-11(2)7-12(6-10)17-4-3-14-15-8-13(9-16)18-14/h5-8,16H,3-4,9H2,1-2H3. The van der Waals surface area contributed by atoms with Gasteiger partial charge in [-0.25, -0.2) is 4.98 Å². The highest BCUT2D eigenvalue weighted by atomic mass is 32.1. The predicted octanol–water partition coefficient (Wildman–Crippen LogP) is 2.87. The summed E-state index contributed by atoms with van der Waals surface area (Å²) in [5.74, 6) is 0.909. The summed E-state index contributed by atoms with van der Waals surface area (Å²) in [5, 5.41) is 9.96. The van der Waals surface area contributed by atoms with Crippen LogP contribution in [0.4, 0.5) is 0 Å². The van der Waals surface area contributed by atoms with E-state index in [4.69, 9.17) is 9.84 Å². The monoisotopic (exact) mass is 263 g/mol. The van der Waals surface area contributed by atoms with E-state index in [9.17, 15) is 0 Å². The van der Waals surface area contributed by atoms with E-state index in [1.165, 1.54) is 22.5 Å². The van der Waals surface area contributed by atoms with Crippen LogP contribution in [0.1, 0.15) is 21.0 Å². The number of benzene rings is 1. The number of thiazole rings is 1. The van der Waals surface area contributed by atoms with Crippen LogP contribution in [0.3, 0.4) is 0 Å². The number of rotatable bonds is 5. The Balaban J connectivity index is 1.88. The second kappa shape index (κ2) is 5.98. The molecule has 0 aliphatic rings. The Labute approximate surface area is 111 Å². The minimum absolute atomic E-state index is 0.0651. The molecule has 4 heteroatoms. The van der Waals surface area contributed by atoms with Gasteiger partial charge >= 0.3 is 0 Å². The van der Waals surface area contributed by atoms with Gasteiger partial charge in [0, 0.05) is 12.6 Å². The summed E-state index contributed by atoms with van der Waals surface area (Å²) in [7, 11) is 0. The zero-order valence-electron chi connectivity index (χ0n) is 10.6. The number of aliphatic hydroxyl groups is 1. The van der Waals surface area contributed by atoms with Gasteiger partial charge in [0.15, 0.2) is 0 Å². The Bertz CT molecular complexity index is 502. The minimum Gasteiger partial charge on any atom is -0.493 e. The Hall–Kier alpha value is -1.39. The molecule has 1 aromatic heterocycles. The highest BCUT2D eigenvalue weighted by molar-refractivity contribution is 7.11. The number of nitrogens with zero attached hydrogens (tertiary/aromatic N) is 1. The fourth-order valence-corrected chi connectivity index (χ4v) is 2.57. The van der Waals surface area contributed by atoms with Gasteiger partial charge in [0.1, 0.15) is 5.75 Å². The molecule has 96 valence electrons. The number of aryl methyl sites for hydroxylation is 2. The SMILES string of the molecule is Cc1cc(C)cc(OCCc2ncc(CO)s2)c1. The van der Waals surface area contributed by atoms with Crippen LogP contribution in [-0.2, 0) is 13.0 Å². The lowest BCUT2D eigenvalue weighted by Gasteiger charge is -2.07. The maximum Gasteiger partial charge on any atom is 0.119 e. The number of aromatic nitrogens is 1. The molecule has 2 rings (SSSR count). The largest absolute Gasteiger partial charge is 0.493 e. The Morgan fingerprint density at radius 1 is 1.22 bits per heavy atom. The van der Waals surface area contributed by atoms with E-state index in [1.807, 2.05) is 12.1 Å². The van der Waals surface area contributed by atoms with Crippen molar-refractivity contribution in [3.05, 3.63) is 45.4 Å². The fourth-order valence-electron chi connectivity index (χ4n) is 1.81. The first kappa shape index (κ1) is 13.1. The molecule has 3 nitrogen and oxygen atoms in total. The predicted molar refractivity (Wildman–Crippen MR) is 73.2 cm³/mol. The van der Waals surface area contributed by atoms with Gasteiger partial charge in [-0.15, -0.1) is 11.3 Å². The average Bonchev–Trinajstić information content (AvgIpc) is 2.76. The molecule has 0 saturated heterocycles. The lowest BCUT2D eigenvalue weighted by atomic mass is 10.1. The van der Waals surface area contributed by atoms with Crippen molar-refractivity contribution in [1.82, 2.24) is 4.98 Å². The first-order chi connectivity index (χ1) is 8.67. The van der Waals surface area contributed by atoms with Crippen molar-refractivity contribution in [1.29, 1.82) is 0 Å². The molecule has 2 aromatic rings. The molecule has 0 fully saturated rings. The summed E-state index contributed by atoms with van der Waals surface area (Å²) in [5.41, 5.74) is 2.42. The number of hydrogen-bond acceptors (Lipinski definition) is 4. The number of hydrogen-bond donors (Lipinski definition) is 1. The Morgan fingerprint density at radius 3 is 2.56 bits per heavy atom. The van der Waals surface area contributed by atoms with Crippen LogP contribution < -0.4 is 4.74 Å². The summed E-state index contributed by atoms with van der Waals surface area (Å²) in [6.07, 6.45) is 2.49. The third kappa shape index (κ3) is 3.55. The zero-order chi connectivity index (χ0) is 13.0. The minimum atomic E-state index is 0.0651. The Kier molecular flexibility index (Phi) is 4.33. The molecule has 0 bridgehead atoms. The molecule has 0 aliphatic heterocycles. The topological polar surface area (TPSA) is 42.4 Å². The first-order valence-electron chi connectivity index (χ1n) is 5.93. The van der Waals surface area contributed by atoms with Gasteiger partial charge in [-0.05, 0) is 37.1 Å². The molecular weight excluding hydrogens is 246 g/mol. The highest BCUT2D eigenvalue weighted by Gasteiger charge is 2.02. The molecule has 0 atom stereocenters. The molecule has 1 N–H and O–H groups in total. The van der Waals surface area contributed by atoms with Gasteiger partial charge in [0.05, 0.1) is 23.1 Å². The van der Waals surface area contributed by atoms with Crippen LogP contribution in [0, 0.1) is 13.8 Å². The van der Waals surface area contributed by atoms with Crippen LogP contribution >= 0.6 is 11.3 Å². The summed E-state index contributed by atoms with van der Waals surface area (Å²) in [4.78, 5) is 5.13. The van der Waals surface area contributed by atoms with E-state index in [1.54, 1.807) is 6.20 Å². The maximum absolute atomic E-state index is 8.95. The third-order valence-electron chi connectivity index (χ3n) is 2.54. The normalized spacial score (nSPS) is 10.6. The van der Waals surface area contributed by atoms with E-state index in [0.717, 1.165) is 22.1 Å². The van der Waals surface area contributed by atoms with E-state index in [0.29, 0.717) is 6.61 Å². The van der Waals surface area contributed by atoms with Crippen LogP contribution in [0.25, 0.3) is 0 Å². The molecule has 0 radical (unpaired) electrons.